The molecule has 1 saturated heterocycles. The van der Waals surface area contributed by atoms with Gasteiger partial charge in [0.15, 0.2) is 0 Å². The number of rotatable bonds is 7. The molecule has 4 rings (SSSR count). The molecule has 0 spiro atoms. The first-order valence-corrected chi connectivity index (χ1v) is 12.0. The molecule has 0 amide bonds. The number of alkyl halides is 3. The van der Waals surface area contributed by atoms with Crippen molar-refractivity contribution in [1.82, 2.24) is 9.29 Å². The summed E-state index contributed by atoms with van der Waals surface area (Å²) in [6.45, 7) is -0.158. The fourth-order valence-electron chi connectivity index (χ4n) is 3.99. The minimum absolute atomic E-state index is 0.0896. The van der Waals surface area contributed by atoms with Crippen LogP contribution in [0, 0.1) is 0 Å². The normalized spacial score (nSPS) is 16.9. The van der Waals surface area contributed by atoms with Gasteiger partial charge in [-0.1, -0.05) is 12.1 Å². The van der Waals surface area contributed by atoms with Crippen LogP contribution in [0.4, 0.5) is 13.2 Å². The van der Waals surface area contributed by atoms with Gasteiger partial charge in [-0.2, -0.15) is 17.5 Å². The second-order valence-corrected chi connectivity index (χ2v) is 9.91. The van der Waals surface area contributed by atoms with Crippen LogP contribution in [-0.4, -0.2) is 44.1 Å². The third-order valence-corrected chi connectivity index (χ3v) is 7.59. The molecule has 1 atom stereocenters. The van der Waals surface area contributed by atoms with Crippen molar-refractivity contribution >= 4 is 20.9 Å². The van der Waals surface area contributed by atoms with Gasteiger partial charge in [-0.25, -0.2) is 8.42 Å². The Labute approximate surface area is 194 Å². The Bertz CT molecular complexity index is 1350. The predicted octanol–water partition coefficient (Wildman–Crippen LogP) is 3.93. The minimum Gasteiger partial charge on any atom is -0.497 e. The zero-order valence-electron chi connectivity index (χ0n) is 18.3. The van der Waals surface area contributed by atoms with Crippen LogP contribution in [0.1, 0.15) is 24.0 Å². The predicted molar refractivity (Wildman–Crippen MR) is 119 cm³/mol. The lowest BCUT2D eigenvalue weighted by Crippen LogP contribution is -2.39. The van der Waals surface area contributed by atoms with Gasteiger partial charge >= 0.3 is 6.18 Å². The third-order valence-electron chi connectivity index (χ3n) is 5.72. The molecule has 0 saturated carbocycles. The van der Waals surface area contributed by atoms with Gasteiger partial charge in [0.2, 0.25) is 10.0 Å². The summed E-state index contributed by atoms with van der Waals surface area (Å²) in [6.07, 6.45) is -4.06. The number of hydrogen-bond acceptors (Lipinski definition) is 5. The second kappa shape index (κ2) is 9.40. The van der Waals surface area contributed by atoms with E-state index >= 15 is 0 Å². The van der Waals surface area contributed by atoms with E-state index in [9.17, 15) is 26.4 Å². The first-order valence-electron chi connectivity index (χ1n) is 10.6. The van der Waals surface area contributed by atoms with E-state index in [0.717, 1.165) is 22.5 Å². The summed E-state index contributed by atoms with van der Waals surface area (Å²) in [7, 11) is -3.14. The molecule has 11 heteroatoms. The highest BCUT2D eigenvalue weighted by molar-refractivity contribution is 7.89. The number of H-pyrrole nitrogens is 1. The van der Waals surface area contributed by atoms with Crippen LogP contribution < -0.4 is 10.3 Å². The molecule has 7 nitrogen and oxygen atoms in total. The fraction of sp³-hybridized carbons (Fsp3) is 0.348. The number of pyridine rings is 1. The standard InChI is InChI=1S/C23H23F3N2O5S/c1-32-17-8-9-20-15(12-17)11-16(22(29)27-20)13-28(14-18-5-4-10-33-18)34(30,31)21-7-3-2-6-19(21)23(24,25)26/h2-3,6-9,11-12,18H,4-5,10,13-14H2,1H3,(H,27,29). The Kier molecular flexibility index (Phi) is 6.70. The third kappa shape index (κ3) is 4.96. The van der Waals surface area contributed by atoms with Crippen molar-refractivity contribution in [1.29, 1.82) is 0 Å². The molecule has 0 bridgehead atoms. The van der Waals surface area contributed by atoms with Crippen molar-refractivity contribution < 1.29 is 31.1 Å². The second-order valence-electron chi connectivity index (χ2n) is 8.00. The van der Waals surface area contributed by atoms with Crippen molar-refractivity contribution in [2.24, 2.45) is 0 Å². The summed E-state index contributed by atoms with van der Waals surface area (Å²) < 4.78 is 79.5. The van der Waals surface area contributed by atoms with Crippen molar-refractivity contribution in [3.8, 4) is 5.75 Å². The topological polar surface area (TPSA) is 88.7 Å². The van der Waals surface area contributed by atoms with E-state index in [2.05, 4.69) is 4.98 Å². The van der Waals surface area contributed by atoms with Crippen molar-refractivity contribution in [2.45, 2.75) is 36.6 Å². The molecule has 1 N–H and O–H groups in total. The Balaban J connectivity index is 1.78. The van der Waals surface area contributed by atoms with Crippen LogP contribution in [0.3, 0.4) is 0 Å². The maximum Gasteiger partial charge on any atom is 0.417 e. The highest BCUT2D eigenvalue weighted by Crippen LogP contribution is 2.35. The van der Waals surface area contributed by atoms with Gasteiger partial charge in [-0.05, 0) is 49.2 Å². The Morgan fingerprint density at radius 3 is 2.62 bits per heavy atom. The Morgan fingerprint density at radius 1 is 1.18 bits per heavy atom. The highest BCUT2D eigenvalue weighted by atomic mass is 32.2. The van der Waals surface area contributed by atoms with Crippen LogP contribution in [0.5, 0.6) is 5.75 Å². The number of aromatic amines is 1. The van der Waals surface area contributed by atoms with Crippen LogP contribution in [-0.2, 0) is 27.5 Å². The average molecular weight is 497 g/mol. The molecule has 1 fully saturated rings. The van der Waals surface area contributed by atoms with E-state index in [1.807, 2.05) is 0 Å². The molecule has 2 aromatic carbocycles. The quantitative estimate of drug-likeness (QED) is 0.536. The lowest BCUT2D eigenvalue weighted by molar-refractivity contribution is -0.139. The van der Waals surface area contributed by atoms with E-state index in [4.69, 9.17) is 9.47 Å². The lowest BCUT2D eigenvalue weighted by atomic mass is 10.1. The first-order chi connectivity index (χ1) is 16.1. The summed E-state index contributed by atoms with van der Waals surface area (Å²) in [4.78, 5) is 14.6. The van der Waals surface area contributed by atoms with E-state index in [1.165, 1.54) is 19.2 Å². The van der Waals surface area contributed by atoms with Crippen molar-refractivity contribution in [3.63, 3.8) is 0 Å². The van der Waals surface area contributed by atoms with Crippen molar-refractivity contribution in [3.05, 3.63) is 70.0 Å². The largest absolute Gasteiger partial charge is 0.497 e. The summed E-state index contributed by atoms with van der Waals surface area (Å²) in [6, 6.07) is 10.5. The van der Waals surface area contributed by atoms with Gasteiger partial charge in [-0.3, -0.25) is 4.79 Å². The van der Waals surface area contributed by atoms with Crippen molar-refractivity contribution in [2.75, 3.05) is 20.3 Å². The van der Waals surface area contributed by atoms with Crippen LogP contribution in [0.15, 0.2) is 58.2 Å². The smallest absolute Gasteiger partial charge is 0.417 e. The van der Waals surface area contributed by atoms with Gasteiger partial charge in [0.05, 0.1) is 23.7 Å². The molecule has 1 aromatic heterocycles. The number of ether oxygens (including phenoxy) is 2. The van der Waals surface area contributed by atoms with E-state index in [-0.39, 0.29) is 12.1 Å². The monoisotopic (exact) mass is 496 g/mol. The maximum absolute atomic E-state index is 13.6. The summed E-state index contributed by atoms with van der Waals surface area (Å²) in [5, 5.41) is 0.596. The van der Waals surface area contributed by atoms with Gasteiger partial charge in [-0.15, -0.1) is 0 Å². The van der Waals surface area contributed by atoms with E-state index in [1.54, 1.807) is 18.2 Å². The molecule has 0 radical (unpaired) electrons. The molecule has 1 aliphatic heterocycles. The highest BCUT2D eigenvalue weighted by Gasteiger charge is 2.39. The average Bonchev–Trinajstić information content (AvgIpc) is 3.31. The minimum atomic E-state index is -4.86. The zero-order chi connectivity index (χ0) is 24.5. The Morgan fingerprint density at radius 2 is 1.94 bits per heavy atom. The molecule has 182 valence electrons. The molecule has 1 unspecified atom stereocenters. The SMILES string of the molecule is COc1ccc2[nH]c(=O)c(CN(CC3CCCO3)S(=O)(=O)c3ccccc3C(F)(F)F)cc2c1. The van der Waals surface area contributed by atoms with Gasteiger partial charge in [0, 0.05) is 36.2 Å². The first kappa shape index (κ1) is 24.2. The summed E-state index contributed by atoms with van der Waals surface area (Å²) >= 11 is 0. The number of sulfonamides is 1. The zero-order valence-corrected chi connectivity index (χ0v) is 19.1. The van der Waals surface area contributed by atoms with Gasteiger partial charge in [0.1, 0.15) is 5.75 Å². The number of methoxy groups -OCH3 is 1. The van der Waals surface area contributed by atoms with Crippen LogP contribution in [0.25, 0.3) is 10.9 Å². The van der Waals surface area contributed by atoms with Crippen LogP contribution >= 0.6 is 0 Å². The number of fused-ring (bicyclic) bond motifs is 1. The number of aromatic nitrogens is 1. The number of benzene rings is 2. The lowest BCUT2D eigenvalue weighted by Gasteiger charge is -2.26. The molecule has 2 heterocycles. The molecule has 3 aromatic rings. The maximum atomic E-state index is 13.6. The number of halogens is 3. The number of nitrogens with zero attached hydrogens (tertiary/aromatic N) is 1. The summed E-state index contributed by atoms with van der Waals surface area (Å²) in [5.74, 6) is 0.536. The molecule has 1 aliphatic rings. The molecular weight excluding hydrogens is 473 g/mol. The van der Waals surface area contributed by atoms with Crippen LogP contribution in [0.2, 0.25) is 0 Å². The number of hydrogen-bond donors (Lipinski definition) is 1. The molecular formula is C23H23F3N2O5S. The van der Waals surface area contributed by atoms with E-state index < -0.39 is 44.9 Å². The molecule has 34 heavy (non-hydrogen) atoms. The summed E-state index contributed by atoms with van der Waals surface area (Å²) in [5.41, 5.74) is -1.18. The Hall–Kier alpha value is -2.89. The van der Waals surface area contributed by atoms with Gasteiger partial charge in [0.25, 0.3) is 5.56 Å². The fourth-order valence-corrected chi connectivity index (χ4v) is 5.65. The number of nitrogens with one attached hydrogen (secondary N) is 1. The van der Waals surface area contributed by atoms with Gasteiger partial charge < -0.3 is 14.5 Å². The molecule has 0 aliphatic carbocycles. The van der Waals surface area contributed by atoms with E-state index in [0.29, 0.717) is 36.1 Å².